The molecule has 0 aliphatic carbocycles. The molecule has 0 aromatic rings. The minimum atomic E-state index is -2.67. The van der Waals surface area contributed by atoms with E-state index in [2.05, 4.69) is 65.8 Å². The lowest BCUT2D eigenvalue weighted by atomic mass is 9.56. The van der Waals surface area contributed by atoms with Crippen LogP contribution in [0.15, 0.2) is 127 Å². The van der Waals surface area contributed by atoms with Crippen LogP contribution in [0.4, 0.5) is 0 Å². The third-order valence-corrected chi connectivity index (χ3v) is 20.1. The average molecular weight is 1870 g/mol. The first kappa shape index (κ1) is 119. The van der Waals surface area contributed by atoms with E-state index in [0.717, 1.165) is 102 Å². The van der Waals surface area contributed by atoms with Crippen molar-refractivity contribution in [2.24, 2.45) is 54.1 Å². The Morgan fingerprint density at radius 2 is 0.258 bits per heavy atom. The summed E-state index contributed by atoms with van der Waals surface area (Å²) in [5.74, 6) is -22.8. The number of carbonyl (C=O) groups excluding carboxylic acids is 20. The predicted molar refractivity (Wildman–Crippen MR) is 460 cm³/mol. The second-order valence-electron chi connectivity index (χ2n) is 32.9. The van der Waals surface area contributed by atoms with Gasteiger partial charge in [-0.25, -0.2) is 47.9 Å². The zero-order valence-electron chi connectivity index (χ0n) is 77.4. The van der Waals surface area contributed by atoms with Crippen molar-refractivity contribution in [3.63, 3.8) is 0 Å². The SMILES string of the molecule is C=CC(=O)OCCOC(=O)C(C)(C)CC(C)(CC(C)(CC(C)(CC(C)(CC(C)(CC(C)(CC(C)(CC(C)(CC(C)(CC)C(=O)OCCOC(=O)C=C)C(=O)OCCOC(=O)C=C)C(=O)OCCOC(=O)C=C)C(=O)OCCOC(=O)C=C)C(=O)OCCOC(=O)C=C)C(=O)OCCOC(=O)C=C)C(=O)OCCOC(=O)C=C)C(=O)OCCOC(=O)C=C)C(=O)OCCOC(=O)C=C. The number of esters is 20. The molecule has 0 aliphatic heterocycles. The van der Waals surface area contributed by atoms with E-state index in [1.54, 1.807) is 0 Å². The van der Waals surface area contributed by atoms with Crippen molar-refractivity contribution in [3.05, 3.63) is 127 Å². The van der Waals surface area contributed by atoms with Gasteiger partial charge in [-0.2, -0.15) is 0 Å². The number of carbonyl (C=O) groups is 20. The molecule has 0 spiro atoms. The highest BCUT2D eigenvalue weighted by Crippen LogP contribution is 2.57. The third-order valence-electron chi connectivity index (χ3n) is 20.1. The molecule has 40 nitrogen and oxygen atoms in total. The van der Waals surface area contributed by atoms with Crippen molar-refractivity contribution < 1.29 is 191 Å². The van der Waals surface area contributed by atoms with Crippen molar-refractivity contribution in [1.82, 2.24) is 0 Å². The van der Waals surface area contributed by atoms with E-state index < -0.39 is 363 Å². The van der Waals surface area contributed by atoms with Gasteiger partial charge in [-0.3, -0.25) is 47.9 Å². The topological polar surface area (TPSA) is 526 Å². The summed E-state index contributed by atoms with van der Waals surface area (Å²) in [6.07, 6.45) is -0.967. The molecule has 0 radical (unpaired) electrons. The Bertz CT molecular complexity index is 4180. The summed E-state index contributed by atoms with van der Waals surface area (Å²) in [7, 11) is 0. The number of rotatable bonds is 69. The minimum absolute atomic E-state index is 0.175. The van der Waals surface area contributed by atoms with Crippen LogP contribution >= 0.6 is 0 Å². The predicted octanol–water partition coefficient (Wildman–Crippen LogP) is 7.71. The highest BCUT2D eigenvalue weighted by atomic mass is 16.6. The Morgan fingerprint density at radius 3 is 0.379 bits per heavy atom. The van der Waals surface area contributed by atoms with Crippen LogP contribution in [0.2, 0.25) is 0 Å². The molecule has 0 saturated carbocycles. The molecule has 9 unspecified atom stereocenters. The summed E-state index contributed by atoms with van der Waals surface area (Å²) >= 11 is 0. The van der Waals surface area contributed by atoms with E-state index in [1.165, 1.54) is 41.5 Å². The van der Waals surface area contributed by atoms with Crippen LogP contribution in [0.25, 0.3) is 0 Å². The normalized spacial score (nSPS) is 14.9. The first-order valence-electron chi connectivity index (χ1n) is 41.3. The molecule has 0 aliphatic rings. The van der Waals surface area contributed by atoms with Crippen molar-refractivity contribution in [2.75, 3.05) is 132 Å². The van der Waals surface area contributed by atoms with Gasteiger partial charge >= 0.3 is 119 Å². The molecule has 132 heavy (non-hydrogen) atoms. The second-order valence-corrected chi connectivity index (χ2v) is 32.9. The quantitative estimate of drug-likeness (QED) is 0.0243. The summed E-state index contributed by atoms with van der Waals surface area (Å²) in [6.45, 7) is 34.1. The van der Waals surface area contributed by atoms with Gasteiger partial charge in [0, 0.05) is 60.8 Å². The fraction of sp³-hybridized carbons (Fsp3) is 0.565. The maximum absolute atomic E-state index is 16.2. The van der Waals surface area contributed by atoms with Gasteiger partial charge in [0.2, 0.25) is 0 Å². The molecule has 0 bridgehead atoms. The first-order valence-corrected chi connectivity index (χ1v) is 41.3. The molecule has 0 amide bonds. The summed E-state index contributed by atoms with van der Waals surface area (Å²) in [4.78, 5) is 279. The van der Waals surface area contributed by atoms with Crippen molar-refractivity contribution in [1.29, 1.82) is 0 Å². The van der Waals surface area contributed by atoms with Gasteiger partial charge in [-0.05, 0) is 140 Å². The Kier molecular flexibility index (Phi) is 52.0. The van der Waals surface area contributed by atoms with Crippen LogP contribution in [-0.2, 0) is 191 Å². The molecule has 734 valence electrons. The molecule has 0 aromatic heterocycles. The molecule has 9 atom stereocenters. The van der Waals surface area contributed by atoms with Crippen LogP contribution in [0, 0.1) is 54.1 Å². The highest BCUT2D eigenvalue weighted by Gasteiger charge is 2.61. The van der Waals surface area contributed by atoms with E-state index in [9.17, 15) is 57.5 Å². The smallest absolute Gasteiger partial charge is 0.330 e. The first-order chi connectivity index (χ1) is 61.7. The van der Waals surface area contributed by atoms with E-state index in [4.69, 9.17) is 94.7 Å². The summed E-state index contributed by atoms with van der Waals surface area (Å²) in [5.41, 5.74) is -23.8. The lowest BCUT2D eigenvalue weighted by Crippen LogP contribution is -2.52. The fourth-order valence-electron chi connectivity index (χ4n) is 15.1. The molecular formula is C92H126O40. The zero-order valence-corrected chi connectivity index (χ0v) is 77.4. The molecule has 0 aromatic carbocycles. The zero-order chi connectivity index (χ0) is 101. The largest absolute Gasteiger partial charge is 0.462 e. The van der Waals surface area contributed by atoms with Gasteiger partial charge in [0.25, 0.3) is 0 Å². The Hall–Kier alpha value is -13.2. The minimum Gasteiger partial charge on any atom is -0.462 e. The van der Waals surface area contributed by atoms with E-state index >= 15 is 38.4 Å². The van der Waals surface area contributed by atoms with Crippen LogP contribution < -0.4 is 0 Å². The van der Waals surface area contributed by atoms with Gasteiger partial charge in [-0.1, -0.05) is 72.7 Å². The summed E-state index contributed by atoms with van der Waals surface area (Å²) < 4.78 is 109. The van der Waals surface area contributed by atoms with Crippen LogP contribution in [0.5, 0.6) is 0 Å². The van der Waals surface area contributed by atoms with Gasteiger partial charge in [0.15, 0.2) is 0 Å². The van der Waals surface area contributed by atoms with Gasteiger partial charge in [0.05, 0.1) is 54.1 Å². The second kappa shape index (κ2) is 57.8. The number of hydrogen-bond donors (Lipinski definition) is 0. The molecule has 0 rings (SSSR count). The van der Waals surface area contributed by atoms with Gasteiger partial charge < -0.3 is 94.7 Å². The van der Waals surface area contributed by atoms with Crippen LogP contribution in [0.3, 0.4) is 0 Å². The number of ether oxygens (including phenoxy) is 20. The monoisotopic (exact) mass is 1870 g/mol. The van der Waals surface area contributed by atoms with E-state index in [-0.39, 0.29) is 6.42 Å². The average Bonchev–Trinajstić information content (AvgIpc) is 0.745. The van der Waals surface area contributed by atoms with Crippen LogP contribution in [0.1, 0.15) is 147 Å². The van der Waals surface area contributed by atoms with Crippen molar-refractivity contribution in [3.8, 4) is 0 Å². The molecular weight excluding hydrogens is 1740 g/mol. The highest BCUT2D eigenvalue weighted by molar-refractivity contribution is 5.90. The number of hydrogen-bond acceptors (Lipinski definition) is 40. The molecule has 0 N–H and O–H groups in total. The van der Waals surface area contributed by atoms with Gasteiger partial charge in [0.1, 0.15) is 132 Å². The van der Waals surface area contributed by atoms with Crippen LogP contribution in [-0.4, -0.2) is 252 Å². The van der Waals surface area contributed by atoms with Crippen molar-refractivity contribution >= 4 is 119 Å². The molecule has 0 saturated heterocycles. The maximum atomic E-state index is 16.2. The fourth-order valence-corrected chi connectivity index (χ4v) is 15.1. The van der Waals surface area contributed by atoms with E-state index in [0.29, 0.717) is 0 Å². The lowest BCUT2D eigenvalue weighted by molar-refractivity contribution is -0.181. The standard InChI is InChI=1S/C92H126O40/c1-23-63(93)113-34-44-123-73(103)83(12,13)54-85(15,75(105)125-46-36-115-65(95)25-3)56-87(17,77(107)127-48-38-117-67(97)27-5)58-89(19,79(109)129-50-40-119-69(99)29-7)60-91(21,81(111)131-52-42-121-71(101)31-9)62-92(22,82(112)132-53-43-122-72(102)32-10)61-90(20,80(110)130-51-41-120-70(100)30-8)59-88(18,78(108)128-49-39-118-68(98)28-6)57-86(16,76(106)126-47-37-116-66(96)26-4)55-84(14,33-11)74(104)124-45-35-114-64(94)24-2/h23-32H,1-10,33-62H2,11-22H3. The Morgan fingerprint density at radius 1 is 0.159 bits per heavy atom. The van der Waals surface area contributed by atoms with Gasteiger partial charge in [-0.15, -0.1) is 0 Å². The molecule has 0 heterocycles. The Labute approximate surface area is 767 Å². The van der Waals surface area contributed by atoms with Crippen molar-refractivity contribution in [2.45, 2.75) is 147 Å². The third kappa shape index (κ3) is 41.7. The maximum Gasteiger partial charge on any atom is 0.330 e. The molecule has 0 fully saturated rings. The molecule has 40 heteroatoms. The Balaban J connectivity index is 10.6. The lowest BCUT2D eigenvalue weighted by Gasteiger charge is -2.47. The summed E-state index contributed by atoms with van der Waals surface area (Å²) in [5, 5.41) is 0. The van der Waals surface area contributed by atoms with E-state index in [1.807, 2.05) is 0 Å². The summed E-state index contributed by atoms with van der Waals surface area (Å²) in [6, 6.07) is 0.